The van der Waals surface area contributed by atoms with Crippen molar-refractivity contribution in [3.63, 3.8) is 0 Å². The van der Waals surface area contributed by atoms with Crippen LogP contribution in [0.4, 0.5) is 11.4 Å². The first-order valence-electron chi connectivity index (χ1n) is 9.27. The predicted octanol–water partition coefficient (Wildman–Crippen LogP) is 4.25. The molecule has 3 rings (SSSR count). The number of hydrogen-bond acceptors (Lipinski definition) is 6. The molecule has 0 heterocycles. The minimum atomic E-state index is -4.22. The van der Waals surface area contributed by atoms with Gasteiger partial charge in [0.05, 0.1) is 26.7 Å². The summed E-state index contributed by atoms with van der Waals surface area (Å²) in [5.41, 5.74) is 2.34. The molecule has 1 N–H and O–H groups in total. The highest BCUT2D eigenvalue weighted by Crippen LogP contribution is 2.27. The van der Waals surface area contributed by atoms with Crippen LogP contribution in [0.2, 0.25) is 10.0 Å². The lowest BCUT2D eigenvalue weighted by Gasteiger charge is -2.23. The summed E-state index contributed by atoms with van der Waals surface area (Å²) >= 11 is 11.9. The van der Waals surface area contributed by atoms with E-state index < -0.39 is 27.4 Å². The van der Waals surface area contributed by atoms with Crippen LogP contribution < -0.4 is 9.73 Å². The van der Waals surface area contributed by atoms with Gasteiger partial charge in [-0.1, -0.05) is 53.5 Å². The number of nitro benzene ring substituents is 1. The van der Waals surface area contributed by atoms with Crippen molar-refractivity contribution in [1.29, 1.82) is 0 Å². The second-order valence-electron chi connectivity index (χ2n) is 6.56. The molecule has 12 heteroatoms. The molecule has 0 aliphatic carbocycles. The van der Waals surface area contributed by atoms with Gasteiger partial charge < -0.3 is 0 Å². The molecule has 3 aromatic carbocycles. The number of rotatable bonds is 8. The van der Waals surface area contributed by atoms with Gasteiger partial charge in [0.25, 0.3) is 21.6 Å². The molecule has 0 unspecified atom stereocenters. The molecular formula is C21H16Cl2N4O5S. The van der Waals surface area contributed by atoms with Crippen LogP contribution in [0.15, 0.2) is 82.8 Å². The van der Waals surface area contributed by atoms with Gasteiger partial charge in [0.1, 0.15) is 6.54 Å². The van der Waals surface area contributed by atoms with E-state index in [1.807, 2.05) is 0 Å². The number of amides is 1. The molecule has 0 saturated carbocycles. The van der Waals surface area contributed by atoms with E-state index >= 15 is 0 Å². The number of carbonyl (C=O) groups is 1. The number of anilines is 1. The minimum absolute atomic E-state index is 0.0482. The second-order valence-corrected chi connectivity index (χ2v) is 9.27. The third kappa shape index (κ3) is 6.07. The van der Waals surface area contributed by atoms with Crippen molar-refractivity contribution >= 4 is 56.7 Å². The van der Waals surface area contributed by atoms with E-state index in [0.717, 1.165) is 10.4 Å². The van der Waals surface area contributed by atoms with Gasteiger partial charge in [-0.05, 0) is 30.3 Å². The van der Waals surface area contributed by atoms with Crippen molar-refractivity contribution in [2.45, 2.75) is 4.90 Å². The predicted molar refractivity (Wildman–Crippen MR) is 126 cm³/mol. The van der Waals surface area contributed by atoms with Crippen LogP contribution in [0.1, 0.15) is 5.56 Å². The Kier molecular flexibility index (Phi) is 7.64. The summed E-state index contributed by atoms with van der Waals surface area (Å²) in [5, 5.41) is 15.7. The first kappa shape index (κ1) is 24.2. The Morgan fingerprint density at radius 2 is 1.79 bits per heavy atom. The molecule has 0 fully saturated rings. The lowest BCUT2D eigenvalue weighted by atomic mass is 10.2. The molecule has 1 amide bonds. The van der Waals surface area contributed by atoms with Gasteiger partial charge >= 0.3 is 0 Å². The van der Waals surface area contributed by atoms with Crippen molar-refractivity contribution in [3.8, 4) is 0 Å². The van der Waals surface area contributed by atoms with Crippen molar-refractivity contribution in [1.82, 2.24) is 5.43 Å². The van der Waals surface area contributed by atoms with E-state index in [2.05, 4.69) is 10.5 Å². The van der Waals surface area contributed by atoms with Crippen LogP contribution in [0.3, 0.4) is 0 Å². The van der Waals surface area contributed by atoms with Gasteiger partial charge in [-0.3, -0.25) is 19.2 Å². The molecule has 0 aromatic heterocycles. The summed E-state index contributed by atoms with van der Waals surface area (Å²) < 4.78 is 27.2. The Labute approximate surface area is 199 Å². The molecule has 170 valence electrons. The largest absolute Gasteiger partial charge is 0.271 e. The van der Waals surface area contributed by atoms with E-state index in [-0.39, 0.29) is 16.3 Å². The van der Waals surface area contributed by atoms with E-state index in [0.29, 0.717) is 15.6 Å². The smallest absolute Gasteiger partial charge is 0.271 e. The average Bonchev–Trinajstić information content (AvgIpc) is 2.79. The highest BCUT2D eigenvalue weighted by atomic mass is 35.5. The van der Waals surface area contributed by atoms with Crippen molar-refractivity contribution in [2.24, 2.45) is 5.10 Å². The van der Waals surface area contributed by atoms with Crippen LogP contribution >= 0.6 is 23.2 Å². The van der Waals surface area contributed by atoms with Crippen LogP contribution in [0.25, 0.3) is 0 Å². The maximum Gasteiger partial charge on any atom is 0.271 e. The lowest BCUT2D eigenvalue weighted by molar-refractivity contribution is -0.384. The Morgan fingerprint density at radius 1 is 1.06 bits per heavy atom. The summed E-state index contributed by atoms with van der Waals surface area (Å²) in [5.74, 6) is -0.776. The molecule has 9 nitrogen and oxygen atoms in total. The molecule has 3 aromatic rings. The molecular weight excluding hydrogens is 491 g/mol. The number of halogens is 2. The van der Waals surface area contributed by atoms with Crippen LogP contribution in [0.5, 0.6) is 0 Å². The Hall–Kier alpha value is -3.47. The molecule has 0 bridgehead atoms. The van der Waals surface area contributed by atoms with E-state index in [1.165, 1.54) is 54.7 Å². The summed E-state index contributed by atoms with van der Waals surface area (Å²) in [7, 11) is -4.22. The summed E-state index contributed by atoms with van der Waals surface area (Å²) in [6, 6.07) is 17.1. The number of benzene rings is 3. The molecule has 0 spiro atoms. The van der Waals surface area contributed by atoms with E-state index in [1.54, 1.807) is 18.2 Å². The number of sulfonamides is 1. The number of non-ortho nitro benzene ring substituents is 1. The summed E-state index contributed by atoms with van der Waals surface area (Å²) in [6.07, 6.45) is 1.28. The molecule has 0 aliphatic heterocycles. The number of nitrogens with one attached hydrogen (secondary N) is 1. The van der Waals surface area contributed by atoms with E-state index in [4.69, 9.17) is 23.2 Å². The van der Waals surface area contributed by atoms with Gasteiger partial charge in [-0.25, -0.2) is 13.8 Å². The summed E-state index contributed by atoms with van der Waals surface area (Å²) in [4.78, 5) is 23.0. The number of hydrogen-bond donors (Lipinski definition) is 1. The molecule has 0 atom stereocenters. The third-order valence-electron chi connectivity index (χ3n) is 4.30. The fraction of sp³-hybridized carbons (Fsp3) is 0.0476. The zero-order chi connectivity index (χ0) is 24.0. The first-order chi connectivity index (χ1) is 15.7. The van der Waals surface area contributed by atoms with Crippen molar-refractivity contribution in [2.75, 3.05) is 10.8 Å². The summed E-state index contributed by atoms with van der Waals surface area (Å²) in [6.45, 7) is -0.677. The van der Waals surface area contributed by atoms with E-state index in [9.17, 15) is 23.3 Å². The Balaban J connectivity index is 1.88. The fourth-order valence-corrected chi connectivity index (χ4v) is 4.63. The number of nitrogens with zero attached hydrogens (tertiary/aromatic N) is 3. The third-order valence-corrected chi connectivity index (χ3v) is 6.65. The first-order valence-corrected chi connectivity index (χ1v) is 11.5. The van der Waals surface area contributed by atoms with Crippen LogP contribution in [0, 0.1) is 10.1 Å². The highest BCUT2D eigenvalue weighted by Gasteiger charge is 2.28. The van der Waals surface area contributed by atoms with Gasteiger partial charge in [0.2, 0.25) is 0 Å². The van der Waals surface area contributed by atoms with Crippen LogP contribution in [-0.2, 0) is 14.8 Å². The number of carbonyl (C=O) groups excluding carboxylic acids is 1. The highest BCUT2D eigenvalue weighted by molar-refractivity contribution is 7.92. The number of nitro groups is 1. The molecule has 0 saturated heterocycles. The van der Waals surface area contributed by atoms with Gasteiger partial charge in [0.15, 0.2) is 0 Å². The van der Waals surface area contributed by atoms with Gasteiger partial charge in [-0.15, -0.1) is 0 Å². The topological polar surface area (TPSA) is 122 Å². The molecule has 33 heavy (non-hydrogen) atoms. The Morgan fingerprint density at radius 3 is 2.45 bits per heavy atom. The molecule has 0 radical (unpaired) electrons. The average molecular weight is 507 g/mol. The maximum atomic E-state index is 13.2. The SMILES string of the molecule is O=C(CN(c1cccc([N+](=O)[O-])c1)S(=O)(=O)c1ccccc1)N/N=C\c1ccc(Cl)cc1Cl. The normalized spacial score (nSPS) is 11.3. The zero-order valence-electron chi connectivity index (χ0n) is 16.8. The van der Waals surface area contributed by atoms with Crippen molar-refractivity contribution in [3.05, 3.63) is 98.5 Å². The second kappa shape index (κ2) is 10.4. The zero-order valence-corrected chi connectivity index (χ0v) is 19.1. The Bertz CT molecular complexity index is 1320. The fourth-order valence-electron chi connectivity index (χ4n) is 2.74. The minimum Gasteiger partial charge on any atom is -0.271 e. The standard InChI is InChI=1S/C21H16Cl2N4O5S/c22-16-10-9-15(20(23)11-16)13-24-25-21(28)14-26(17-5-4-6-18(12-17)27(29)30)33(31,32)19-7-2-1-3-8-19/h1-13H,14H2,(H,25,28)/b24-13-. The maximum absolute atomic E-state index is 13.2. The van der Waals surface area contributed by atoms with Gasteiger partial charge in [0, 0.05) is 22.7 Å². The number of hydrazone groups is 1. The quantitative estimate of drug-likeness (QED) is 0.278. The van der Waals surface area contributed by atoms with Gasteiger partial charge in [-0.2, -0.15) is 5.10 Å². The van der Waals surface area contributed by atoms with Crippen molar-refractivity contribution < 1.29 is 18.1 Å². The monoisotopic (exact) mass is 506 g/mol. The molecule has 0 aliphatic rings. The van der Waals surface area contributed by atoms with Crippen LogP contribution in [-0.4, -0.2) is 32.0 Å². The lowest BCUT2D eigenvalue weighted by Crippen LogP contribution is -2.39.